The first kappa shape index (κ1) is 17.2. The van der Waals surface area contributed by atoms with E-state index in [1.165, 1.54) is 0 Å². The summed E-state index contributed by atoms with van der Waals surface area (Å²) in [6.45, 7) is 11.0. The lowest BCUT2D eigenvalue weighted by molar-refractivity contribution is 0.365. The molecule has 0 heterocycles. The first-order chi connectivity index (χ1) is 7.54. The molecule has 1 unspecified atom stereocenters. The van der Waals surface area contributed by atoms with Crippen molar-refractivity contribution >= 4 is 21.4 Å². The minimum atomic E-state index is -2.94. The highest BCUT2D eigenvalue weighted by Crippen LogP contribution is 2.23. The van der Waals surface area contributed by atoms with Gasteiger partial charge < -0.3 is 5.32 Å². The van der Waals surface area contributed by atoms with Gasteiger partial charge in [0.05, 0.1) is 11.0 Å². The number of hydrogen-bond donors (Lipinski definition) is 1. The molecule has 0 aromatic rings. The maximum absolute atomic E-state index is 11.5. The van der Waals surface area contributed by atoms with Crippen molar-refractivity contribution in [1.82, 2.24) is 5.32 Å². The van der Waals surface area contributed by atoms with Crippen molar-refractivity contribution in [3.8, 4) is 0 Å². The fourth-order valence-corrected chi connectivity index (χ4v) is 2.92. The van der Waals surface area contributed by atoms with E-state index in [-0.39, 0.29) is 21.8 Å². The van der Waals surface area contributed by atoms with Crippen molar-refractivity contribution in [2.75, 3.05) is 18.8 Å². The Morgan fingerprint density at radius 2 is 1.76 bits per heavy atom. The monoisotopic (exact) mass is 283 g/mol. The molecule has 0 aromatic heterocycles. The summed E-state index contributed by atoms with van der Waals surface area (Å²) >= 11 is 6.17. The zero-order chi connectivity index (χ0) is 13.7. The minimum Gasteiger partial charge on any atom is -0.314 e. The molecule has 1 atom stereocenters. The van der Waals surface area contributed by atoms with E-state index in [0.29, 0.717) is 13.1 Å². The fraction of sp³-hybridized carbons (Fsp3) is 1.00. The quantitative estimate of drug-likeness (QED) is 0.577. The van der Waals surface area contributed by atoms with Crippen LogP contribution in [0.5, 0.6) is 0 Å². The average molecular weight is 284 g/mol. The Balaban J connectivity index is 3.80. The molecule has 0 aliphatic rings. The summed E-state index contributed by atoms with van der Waals surface area (Å²) in [5, 5.41) is 2.86. The molecule has 1 N–H and O–H groups in total. The maximum atomic E-state index is 11.5. The molecule has 17 heavy (non-hydrogen) atoms. The molecular formula is C12H26ClNO2S. The summed E-state index contributed by atoms with van der Waals surface area (Å²) in [4.78, 5) is 0. The Morgan fingerprint density at radius 1 is 1.24 bits per heavy atom. The number of nitrogens with one attached hydrogen (secondary N) is 1. The molecule has 0 saturated carbocycles. The lowest BCUT2D eigenvalue weighted by atomic mass is 9.90. The molecule has 0 aliphatic carbocycles. The van der Waals surface area contributed by atoms with Crippen molar-refractivity contribution in [2.24, 2.45) is 5.41 Å². The molecule has 0 radical (unpaired) electrons. The van der Waals surface area contributed by atoms with E-state index < -0.39 is 9.84 Å². The van der Waals surface area contributed by atoms with Gasteiger partial charge in [-0.15, -0.1) is 11.6 Å². The number of halogens is 1. The van der Waals surface area contributed by atoms with Crippen molar-refractivity contribution in [2.45, 2.75) is 51.7 Å². The van der Waals surface area contributed by atoms with Crippen LogP contribution < -0.4 is 5.32 Å². The molecule has 0 fully saturated rings. The van der Waals surface area contributed by atoms with E-state index >= 15 is 0 Å². The van der Waals surface area contributed by atoms with Gasteiger partial charge in [0.2, 0.25) is 0 Å². The standard InChI is InChI=1S/C12H26ClNO2S/c1-10(2)17(15,16)7-6-14-9-11(13)8-12(3,4)5/h10-11,14H,6-9H2,1-5H3. The van der Waals surface area contributed by atoms with E-state index in [0.717, 1.165) is 6.42 Å². The fourth-order valence-electron chi connectivity index (χ4n) is 1.45. The molecule has 0 rings (SSSR count). The predicted octanol–water partition coefficient (Wildman–Crippen LogP) is 2.44. The largest absolute Gasteiger partial charge is 0.314 e. The lowest BCUT2D eigenvalue weighted by Gasteiger charge is -2.22. The van der Waals surface area contributed by atoms with E-state index in [4.69, 9.17) is 11.6 Å². The third kappa shape index (κ3) is 8.86. The first-order valence-electron chi connectivity index (χ1n) is 6.11. The van der Waals surface area contributed by atoms with Crippen LogP contribution in [0.3, 0.4) is 0 Å². The number of sulfone groups is 1. The first-order valence-corrected chi connectivity index (χ1v) is 8.26. The van der Waals surface area contributed by atoms with Gasteiger partial charge in [0.25, 0.3) is 0 Å². The summed E-state index contributed by atoms with van der Waals surface area (Å²) < 4.78 is 23.1. The second-order valence-electron chi connectivity index (χ2n) is 5.98. The highest BCUT2D eigenvalue weighted by Gasteiger charge is 2.18. The molecular weight excluding hydrogens is 258 g/mol. The molecule has 0 spiro atoms. The van der Waals surface area contributed by atoms with Gasteiger partial charge in [-0.05, 0) is 25.7 Å². The molecule has 3 nitrogen and oxygen atoms in total. The smallest absolute Gasteiger partial charge is 0.153 e. The minimum absolute atomic E-state index is 0.0526. The molecule has 5 heteroatoms. The Kier molecular flexibility index (Phi) is 7.04. The van der Waals surface area contributed by atoms with Gasteiger partial charge in [0.15, 0.2) is 9.84 Å². The van der Waals surface area contributed by atoms with Gasteiger partial charge in [-0.1, -0.05) is 20.8 Å². The maximum Gasteiger partial charge on any atom is 0.153 e. The number of rotatable bonds is 7. The Labute approximate surface area is 111 Å². The molecule has 0 aliphatic heterocycles. The van der Waals surface area contributed by atoms with Crippen LogP contribution in [0.2, 0.25) is 0 Å². The third-order valence-corrected chi connectivity index (χ3v) is 5.00. The van der Waals surface area contributed by atoms with Gasteiger partial charge in [-0.3, -0.25) is 0 Å². The van der Waals surface area contributed by atoms with Gasteiger partial charge in [0, 0.05) is 18.5 Å². The zero-order valence-corrected chi connectivity index (χ0v) is 13.2. The normalized spacial score (nSPS) is 15.2. The van der Waals surface area contributed by atoms with Crippen molar-refractivity contribution in [3.63, 3.8) is 0 Å². The van der Waals surface area contributed by atoms with E-state index in [1.54, 1.807) is 13.8 Å². The summed E-state index contributed by atoms with van der Waals surface area (Å²) in [5.74, 6) is 0.184. The zero-order valence-electron chi connectivity index (χ0n) is 11.6. The Morgan fingerprint density at radius 3 is 2.18 bits per heavy atom. The van der Waals surface area contributed by atoms with Crippen molar-refractivity contribution in [3.05, 3.63) is 0 Å². The van der Waals surface area contributed by atoms with Crippen molar-refractivity contribution in [1.29, 1.82) is 0 Å². The third-order valence-electron chi connectivity index (χ3n) is 2.48. The molecule has 0 aromatic carbocycles. The van der Waals surface area contributed by atoms with Gasteiger partial charge in [-0.25, -0.2) is 8.42 Å². The molecule has 104 valence electrons. The molecule has 0 bridgehead atoms. The predicted molar refractivity (Wildman–Crippen MR) is 75.5 cm³/mol. The van der Waals surface area contributed by atoms with E-state index in [2.05, 4.69) is 26.1 Å². The van der Waals surface area contributed by atoms with Crippen LogP contribution in [0.15, 0.2) is 0 Å². The van der Waals surface area contributed by atoms with Crippen molar-refractivity contribution < 1.29 is 8.42 Å². The summed E-state index contributed by atoms with van der Waals surface area (Å²) in [6, 6.07) is 0. The summed E-state index contributed by atoms with van der Waals surface area (Å²) in [5.41, 5.74) is 0.206. The highest BCUT2D eigenvalue weighted by atomic mass is 35.5. The van der Waals surface area contributed by atoms with Gasteiger partial charge in [-0.2, -0.15) is 0 Å². The van der Waals surface area contributed by atoms with Crippen LogP contribution in [-0.4, -0.2) is 37.9 Å². The van der Waals surface area contributed by atoms with Crippen LogP contribution in [0, 0.1) is 5.41 Å². The number of hydrogen-bond acceptors (Lipinski definition) is 3. The SMILES string of the molecule is CC(C)S(=O)(=O)CCNCC(Cl)CC(C)(C)C. The number of alkyl halides is 1. The van der Waals surface area contributed by atoms with Crippen LogP contribution in [0.1, 0.15) is 41.0 Å². The topological polar surface area (TPSA) is 46.2 Å². The van der Waals surface area contributed by atoms with Gasteiger partial charge in [0.1, 0.15) is 0 Å². The van der Waals surface area contributed by atoms with Crippen LogP contribution in [0.25, 0.3) is 0 Å². The Hall–Kier alpha value is 0.200. The second kappa shape index (κ2) is 6.95. The summed E-state index contributed by atoms with van der Waals surface area (Å²) in [7, 11) is -2.94. The highest BCUT2D eigenvalue weighted by molar-refractivity contribution is 7.92. The van der Waals surface area contributed by atoms with Gasteiger partial charge >= 0.3 is 0 Å². The van der Waals surface area contributed by atoms with E-state index in [9.17, 15) is 8.42 Å². The summed E-state index contributed by atoms with van der Waals surface area (Å²) in [6.07, 6.45) is 0.915. The molecule has 0 saturated heterocycles. The van der Waals surface area contributed by atoms with Crippen LogP contribution in [0.4, 0.5) is 0 Å². The van der Waals surface area contributed by atoms with E-state index in [1.807, 2.05) is 0 Å². The Bertz CT molecular complexity index is 307. The lowest BCUT2D eigenvalue weighted by Crippen LogP contribution is -2.32. The van der Waals surface area contributed by atoms with Crippen LogP contribution >= 0.6 is 11.6 Å². The molecule has 0 amide bonds. The average Bonchev–Trinajstić information content (AvgIpc) is 2.09. The second-order valence-corrected chi connectivity index (χ2v) is 9.28. The van der Waals surface area contributed by atoms with Crippen LogP contribution in [-0.2, 0) is 9.84 Å².